The smallest absolute Gasteiger partial charge is 0.253 e. The van der Waals surface area contributed by atoms with Gasteiger partial charge in [-0.15, -0.1) is 0 Å². The summed E-state index contributed by atoms with van der Waals surface area (Å²) in [7, 11) is 0. The van der Waals surface area contributed by atoms with Crippen LogP contribution in [0.2, 0.25) is 0 Å². The molecule has 0 radical (unpaired) electrons. The number of piperidine rings is 1. The lowest BCUT2D eigenvalue weighted by Crippen LogP contribution is -2.50. The van der Waals surface area contributed by atoms with Crippen LogP contribution in [-0.2, 0) is 0 Å². The van der Waals surface area contributed by atoms with Crippen molar-refractivity contribution in [1.82, 2.24) is 15.2 Å². The third kappa shape index (κ3) is 4.07. The Hall–Kier alpha value is -1.42. The molecule has 0 bridgehead atoms. The van der Waals surface area contributed by atoms with E-state index >= 15 is 0 Å². The van der Waals surface area contributed by atoms with E-state index in [9.17, 15) is 4.79 Å². The maximum absolute atomic E-state index is 12.3. The number of nitrogens with zero attached hydrogens (tertiary/aromatic N) is 2. The maximum atomic E-state index is 12.3. The molecule has 0 aromatic carbocycles. The van der Waals surface area contributed by atoms with Crippen LogP contribution in [0.4, 0.5) is 0 Å². The van der Waals surface area contributed by atoms with E-state index in [0.717, 1.165) is 19.0 Å². The minimum atomic E-state index is 0.0146. The molecule has 0 spiro atoms. The van der Waals surface area contributed by atoms with Crippen molar-refractivity contribution in [3.05, 3.63) is 30.1 Å². The quantitative estimate of drug-likeness (QED) is 0.873. The fourth-order valence-corrected chi connectivity index (χ4v) is 3.84. The van der Waals surface area contributed by atoms with E-state index in [0.29, 0.717) is 5.56 Å². The SMILES string of the molecule is O=C(NC1CCCN(C2CCCCCC2)C1)c1cccnc1. The van der Waals surface area contributed by atoms with Crippen LogP contribution in [0.15, 0.2) is 24.5 Å². The molecule has 1 aliphatic heterocycles. The van der Waals surface area contributed by atoms with Gasteiger partial charge in [-0.1, -0.05) is 25.7 Å². The molecule has 1 N–H and O–H groups in total. The van der Waals surface area contributed by atoms with Crippen LogP contribution in [-0.4, -0.2) is 41.0 Å². The van der Waals surface area contributed by atoms with Gasteiger partial charge in [-0.25, -0.2) is 0 Å². The van der Waals surface area contributed by atoms with Gasteiger partial charge >= 0.3 is 0 Å². The lowest BCUT2D eigenvalue weighted by molar-refractivity contribution is 0.0860. The zero-order valence-corrected chi connectivity index (χ0v) is 13.3. The second-order valence-corrected chi connectivity index (χ2v) is 6.69. The molecule has 1 saturated heterocycles. The summed E-state index contributed by atoms with van der Waals surface area (Å²) in [5.74, 6) is 0.0146. The predicted octanol–water partition coefficient (Wildman–Crippen LogP) is 3.00. The second kappa shape index (κ2) is 7.73. The topological polar surface area (TPSA) is 45.2 Å². The number of carbonyl (C=O) groups excluding carboxylic acids is 1. The van der Waals surface area contributed by atoms with E-state index in [1.54, 1.807) is 12.4 Å². The van der Waals surface area contributed by atoms with Crippen molar-refractivity contribution in [3.63, 3.8) is 0 Å². The average molecular weight is 301 g/mol. The Labute approximate surface area is 133 Å². The zero-order chi connectivity index (χ0) is 15.2. The zero-order valence-electron chi connectivity index (χ0n) is 13.3. The molecule has 4 heteroatoms. The highest BCUT2D eigenvalue weighted by atomic mass is 16.1. The van der Waals surface area contributed by atoms with E-state index in [1.165, 1.54) is 51.5 Å². The van der Waals surface area contributed by atoms with Crippen LogP contribution in [0.3, 0.4) is 0 Å². The van der Waals surface area contributed by atoms with Crippen molar-refractivity contribution in [1.29, 1.82) is 0 Å². The van der Waals surface area contributed by atoms with Crippen molar-refractivity contribution < 1.29 is 4.79 Å². The molecule has 1 atom stereocenters. The molecule has 1 amide bonds. The van der Waals surface area contributed by atoms with Gasteiger partial charge in [0.2, 0.25) is 0 Å². The van der Waals surface area contributed by atoms with Gasteiger partial charge in [-0.3, -0.25) is 14.7 Å². The Kier molecular flexibility index (Phi) is 5.43. The first-order valence-electron chi connectivity index (χ1n) is 8.78. The largest absolute Gasteiger partial charge is 0.348 e. The molecular weight excluding hydrogens is 274 g/mol. The van der Waals surface area contributed by atoms with Crippen molar-refractivity contribution in [2.24, 2.45) is 0 Å². The molecule has 120 valence electrons. The molecule has 1 unspecified atom stereocenters. The molecule has 1 saturated carbocycles. The van der Waals surface area contributed by atoms with Gasteiger partial charge in [0.05, 0.1) is 5.56 Å². The van der Waals surface area contributed by atoms with Crippen molar-refractivity contribution in [3.8, 4) is 0 Å². The first-order valence-corrected chi connectivity index (χ1v) is 8.78. The minimum absolute atomic E-state index is 0.0146. The summed E-state index contributed by atoms with van der Waals surface area (Å²) in [6, 6.07) is 4.66. The van der Waals surface area contributed by atoms with Crippen molar-refractivity contribution in [2.45, 2.75) is 63.5 Å². The summed E-state index contributed by atoms with van der Waals surface area (Å²) >= 11 is 0. The number of hydrogen-bond acceptors (Lipinski definition) is 3. The van der Waals surface area contributed by atoms with Gasteiger partial charge in [0, 0.05) is 31.0 Å². The van der Waals surface area contributed by atoms with Crippen LogP contribution >= 0.6 is 0 Å². The fraction of sp³-hybridized carbons (Fsp3) is 0.667. The summed E-state index contributed by atoms with van der Waals surface area (Å²) in [6.45, 7) is 2.21. The monoisotopic (exact) mass is 301 g/mol. The highest BCUT2D eigenvalue weighted by molar-refractivity contribution is 5.94. The molecular formula is C18H27N3O. The van der Waals surface area contributed by atoms with Gasteiger partial charge in [0.15, 0.2) is 0 Å². The van der Waals surface area contributed by atoms with Gasteiger partial charge < -0.3 is 5.32 Å². The van der Waals surface area contributed by atoms with Gasteiger partial charge in [0.25, 0.3) is 5.91 Å². The number of aromatic nitrogens is 1. The predicted molar refractivity (Wildman–Crippen MR) is 87.8 cm³/mol. The maximum Gasteiger partial charge on any atom is 0.253 e. The Morgan fingerprint density at radius 3 is 2.68 bits per heavy atom. The molecule has 2 aliphatic rings. The van der Waals surface area contributed by atoms with E-state index in [-0.39, 0.29) is 11.9 Å². The first kappa shape index (κ1) is 15.5. The van der Waals surface area contributed by atoms with E-state index < -0.39 is 0 Å². The number of nitrogens with one attached hydrogen (secondary N) is 1. The number of pyridine rings is 1. The Morgan fingerprint density at radius 2 is 1.95 bits per heavy atom. The number of hydrogen-bond donors (Lipinski definition) is 1. The highest BCUT2D eigenvalue weighted by Gasteiger charge is 2.27. The van der Waals surface area contributed by atoms with Crippen molar-refractivity contribution in [2.75, 3.05) is 13.1 Å². The van der Waals surface area contributed by atoms with Gasteiger partial charge in [-0.2, -0.15) is 0 Å². The molecule has 3 rings (SSSR count). The number of amides is 1. The normalized spacial score (nSPS) is 24.6. The van der Waals surface area contributed by atoms with Crippen LogP contribution < -0.4 is 5.32 Å². The standard InChI is InChI=1S/C18H27N3O/c22-18(15-7-5-11-19-13-15)20-16-8-6-12-21(14-16)17-9-3-1-2-4-10-17/h5,7,11,13,16-17H,1-4,6,8-10,12,14H2,(H,20,22). The lowest BCUT2D eigenvalue weighted by atomic mass is 9.99. The molecule has 1 aromatic heterocycles. The lowest BCUT2D eigenvalue weighted by Gasteiger charge is -2.38. The summed E-state index contributed by atoms with van der Waals surface area (Å²) in [4.78, 5) is 18.9. The summed E-state index contributed by atoms with van der Waals surface area (Å²) in [5, 5.41) is 3.20. The molecule has 2 heterocycles. The first-order chi connectivity index (χ1) is 10.8. The average Bonchev–Trinajstić information content (AvgIpc) is 2.85. The van der Waals surface area contributed by atoms with E-state index in [1.807, 2.05) is 12.1 Å². The third-order valence-electron chi connectivity index (χ3n) is 5.05. The molecule has 1 aliphatic carbocycles. The summed E-state index contributed by atoms with van der Waals surface area (Å²) < 4.78 is 0. The third-order valence-corrected chi connectivity index (χ3v) is 5.05. The Bertz CT molecular complexity index is 468. The fourth-order valence-electron chi connectivity index (χ4n) is 3.84. The van der Waals surface area contributed by atoms with Crippen LogP contribution in [0.5, 0.6) is 0 Å². The minimum Gasteiger partial charge on any atom is -0.348 e. The molecule has 22 heavy (non-hydrogen) atoms. The number of carbonyl (C=O) groups is 1. The van der Waals surface area contributed by atoms with Crippen LogP contribution in [0.1, 0.15) is 61.7 Å². The molecule has 4 nitrogen and oxygen atoms in total. The van der Waals surface area contributed by atoms with Gasteiger partial charge in [-0.05, 0) is 44.4 Å². The Balaban J connectivity index is 1.55. The second-order valence-electron chi connectivity index (χ2n) is 6.69. The van der Waals surface area contributed by atoms with E-state index in [4.69, 9.17) is 0 Å². The van der Waals surface area contributed by atoms with Gasteiger partial charge in [0.1, 0.15) is 0 Å². The molecule has 1 aromatic rings. The Morgan fingerprint density at radius 1 is 1.14 bits per heavy atom. The van der Waals surface area contributed by atoms with Crippen LogP contribution in [0, 0.1) is 0 Å². The number of likely N-dealkylation sites (tertiary alicyclic amines) is 1. The summed E-state index contributed by atoms with van der Waals surface area (Å²) in [6.07, 6.45) is 13.8. The summed E-state index contributed by atoms with van der Waals surface area (Å²) in [5.41, 5.74) is 0.661. The molecule has 2 fully saturated rings. The highest BCUT2D eigenvalue weighted by Crippen LogP contribution is 2.24. The van der Waals surface area contributed by atoms with Crippen molar-refractivity contribution >= 4 is 5.91 Å². The van der Waals surface area contributed by atoms with Crippen LogP contribution in [0.25, 0.3) is 0 Å². The van der Waals surface area contributed by atoms with E-state index in [2.05, 4.69) is 15.2 Å². The number of rotatable bonds is 3.